The molecule has 0 aromatic carbocycles. The topological polar surface area (TPSA) is 90.1 Å². The molecule has 2 aromatic heterocycles. The number of carbonyl (C=O) groups is 1. The number of aromatic nitrogens is 2. The van der Waals surface area contributed by atoms with Crippen LogP contribution in [0.5, 0.6) is 0 Å². The molecule has 0 spiro atoms. The van der Waals surface area contributed by atoms with Crippen LogP contribution in [-0.4, -0.2) is 34.4 Å². The number of nitrogens with one attached hydrogen (secondary N) is 1. The zero-order valence-corrected chi connectivity index (χ0v) is 11.5. The van der Waals surface area contributed by atoms with Crippen molar-refractivity contribution >= 4 is 33.1 Å². The van der Waals surface area contributed by atoms with E-state index in [1.165, 1.54) is 11.3 Å². The maximum Gasteiger partial charge on any atom is 0.263 e. The summed E-state index contributed by atoms with van der Waals surface area (Å²) in [6.45, 7) is 0. The van der Waals surface area contributed by atoms with Crippen LogP contribution < -0.4 is 11.1 Å². The Morgan fingerprint density at radius 2 is 2.40 bits per heavy atom. The number of nitrogen functional groups attached to an aromatic ring is 1. The number of amides is 1. The lowest BCUT2D eigenvalue weighted by molar-refractivity contribution is 0.0844. The van der Waals surface area contributed by atoms with Gasteiger partial charge in [0.25, 0.3) is 5.91 Å². The highest BCUT2D eigenvalue weighted by Crippen LogP contribution is 2.36. The van der Waals surface area contributed by atoms with E-state index < -0.39 is 0 Å². The van der Waals surface area contributed by atoms with Gasteiger partial charge in [-0.05, 0) is 25.3 Å². The Morgan fingerprint density at radius 3 is 3.10 bits per heavy atom. The molecule has 2 aromatic rings. The van der Waals surface area contributed by atoms with Gasteiger partial charge in [0, 0.05) is 5.39 Å². The van der Waals surface area contributed by atoms with Crippen molar-refractivity contribution in [2.75, 3.05) is 5.73 Å². The first-order chi connectivity index (χ1) is 9.72. The molecule has 2 aliphatic heterocycles. The highest BCUT2D eigenvalue weighted by molar-refractivity contribution is 7.21. The van der Waals surface area contributed by atoms with Crippen molar-refractivity contribution < 1.29 is 9.53 Å². The van der Waals surface area contributed by atoms with Gasteiger partial charge in [-0.1, -0.05) is 0 Å². The van der Waals surface area contributed by atoms with Crippen LogP contribution in [0, 0.1) is 0 Å². The Kier molecular flexibility index (Phi) is 2.64. The number of nitrogens with zero attached hydrogens (tertiary/aromatic N) is 2. The lowest BCUT2D eigenvalue weighted by Gasteiger charge is -2.19. The van der Waals surface area contributed by atoms with Crippen LogP contribution in [-0.2, 0) is 4.74 Å². The van der Waals surface area contributed by atoms with Crippen LogP contribution in [0.3, 0.4) is 0 Å². The smallest absolute Gasteiger partial charge is 0.263 e. The summed E-state index contributed by atoms with van der Waals surface area (Å²) in [6, 6.07) is 1.89. The predicted octanol–water partition coefficient (Wildman–Crippen LogP) is 1.32. The zero-order chi connectivity index (χ0) is 13.7. The Hall–Kier alpha value is -1.73. The Balaban J connectivity index is 1.59. The maximum atomic E-state index is 12.4. The van der Waals surface area contributed by atoms with Crippen molar-refractivity contribution in [2.45, 2.75) is 37.5 Å². The van der Waals surface area contributed by atoms with Gasteiger partial charge in [0.1, 0.15) is 9.71 Å². The third-order valence-corrected chi connectivity index (χ3v) is 5.15. The van der Waals surface area contributed by atoms with E-state index in [0.717, 1.165) is 24.6 Å². The minimum absolute atomic E-state index is 0.108. The molecule has 7 heteroatoms. The standard InChI is InChI=1S/C13H14N4O2S/c14-10-7-3-4-15-17-13(7)20-11(10)12(18)16-8-5-6-1-2-9(8)19-6/h3-4,6,8-9H,1-2,5,14H2,(H,16,18). The summed E-state index contributed by atoms with van der Waals surface area (Å²) in [6.07, 6.45) is 5.11. The number of hydrogen-bond donors (Lipinski definition) is 2. The summed E-state index contributed by atoms with van der Waals surface area (Å²) >= 11 is 1.28. The molecule has 104 valence electrons. The summed E-state index contributed by atoms with van der Waals surface area (Å²) < 4.78 is 5.75. The molecule has 4 rings (SSSR count). The molecule has 0 radical (unpaired) electrons. The molecular weight excluding hydrogens is 276 g/mol. The van der Waals surface area contributed by atoms with E-state index in [2.05, 4.69) is 15.5 Å². The van der Waals surface area contributed by atoms with Crippen LogP contribution in [0.15, 0.2) is 12.3 Å². The fraction of sp³-hybridized carbons (Fsp3) is 0.462. The SMILES string of the molecule is Nc1c(C(=O)NC2CC3CCC2O3)sc2nnccc12. The summed E-state index contributed by atoms with van der Waals surface area (Å²) in [7, 11) is 0. The Labute approximate surface area is 119 Å². The molecule has 1 amide bonds. The van der Waals surface area contributed by atoms with Gasteiger partial charge in [-0.15, -0.1) is 16.4 Å². The molecule has 0 aliphatic carbocycles. The van der Waals surface area contributed by atoms with Gasteiger partial charge in [0.05, 0.1) is 30.1 Å². The van der Waals surface area contributed by atoms with E-state index in [1.807, 2.05) is 0 Å². The van der Waals surface area contributed by atoms with Crippen molar-refractivity contribution in [1.29, 1.82) is 0 Å². The molecule has 20 heavy (non-hydrogen) atoms. The lowest BCUT2D eigenvalue weighted by Crippen LogP contribution is -2.41. The molecule has 0 saturated carbocycles. The largest absolute Gasteiger partial charge is 0.397 e. The molecule has 6 nitrogen and oxygen atoms in total. The fourth-order valence-electron chi connectivity index (χ4n) is 3.07. The van der Waals surface area contributed by atoms with Gasteiger partial charge in [-0.3, -0.25) is 4.79 Å². The summed E-state index contributed by atoms with van der Waals surface area (Å²) in [5.74, 6) is -0.133. The first kappa shape index (κ1) is 12.0. The third kappa shape index (κ3) is 1.77. The first-order valence-electron chi connectivity index (χ1n) is 6.68. The quantitative estimate of drug-likeness (QED) is 0.870. The number of rotatable bonds is 2. The molecule has 2 aliphatic rings. The van der Waals surface area contributed by atoms with Crippen LogP contribution in [0.1, 0.15) is 28.9 Å². The minimum atomic E-state index is -0.133. The fourth-order valence-corrected chi connectivity index (χ4v) is 4.01. The summed E-state index contributed by atoms with van der Waals surface area (Å²) in [5.41, 5.74) is 6.53. The van der Waals surface area contributed by atoms with Crippen LogP contribution in [0.2, 0.25) is 0 Å². The van der Waals surface area contributed by atoms with Crippen LogP contribution >= 0.6 is 11.3 Å². The van der Waals surface area contributed by atoms with E-state index in [1.54, 1.807) is 12.3 Å². The van der Waals surface area contributed by atoms with E-state index in [-0.39, 0.29) is 18.1 Å². The van der Waals surface area contributed by atoms with Crippen molar-refractivity contribution in [3.63, 3.8) is 0 Å². The highest BCUT2D eigenvalue weighted by atomic mass is 32.1. The summed E-state index contributed by atoms with van der Waals surface area (Å²) in [5, 5.41) is 11.7. The monoisotopic (exact) mass is 290 g/mol. The molecule has 4 heterocycles. The second-order valence-electron chi connectivity index (χ2n) is 5.28. The molecule has 2 fully saturated rings. The van der Waals surface area contributed by atoms with Gasteiger partial charge >= 0.3 is 0 Å². The number of fused-ring (bicyclic) bond motifs is 3. The average molecular weight is 290 g/mol. The second kappa shape index (κ2) is 4.39. The minimum Gasteiger partial charge on any atom is -0.397 e. The van der Waals surface area contributed by atoms with E-state index in [4.69, 9.17) is 10.5 Å². The lowest BCUT2D eigenvalue weighted by atomic mass is 9.95. The summed E-state index contributed by atoms with van der Waals surface area (Å²) in [4.78, 5) is 13.6. The Morgan fingerprint density at radius 1 is 1.50 bits per heavy atom. The van der Waals surface area contributed by atoms with Crippen molar-refractivity contribution in [3.8, 4) is 0 Å². The van der Waals surface area contributed by atoms with Gasteiger partial charge in [0.15, 0.2) is 0 Å². The number of thiophene rings is 1. The van der Waals surface area contributed by atoms with E-state index >= 15 is 0 Å². The van der Waals surface area contributed by atoms with Gasteiger partial charge in [-0.2, -0.15) is 5.10 Å². The van der Waals surface area contributed by atoms with Crippen LogP contribution in [0.4, 0.5) is 5.69 Å². The maximum absolute atomic E-state index is 12.4. The van der Waals surface area contributed by atoms with Crippen molar-refractivity contribution in [1.82, 2.24) is 15.5 Å². The number of nitrogens with two attached hydrogens (primary N) is 1. The number of ether oxygens (including phenoxy) is 1. The van der Waals surface area contributed by atoms with Gasteiger partial charge in [-0.25, -0.2) is 0 Å². The molecule has 2 bridgehead atoms. The van der Waals surface area contributed by atoms with E-state index in [9.17, 15) is 4.79 Å². The van der Waals surface area contributed by atoms with Crippen molar-refractivity contribution in [3.05, 3.63) is 17.1 Å². The number of hydrogen-bond acceptors (Lipinski definition) is 6. The molecule has 3 unspecified atom stereocenters. The van der Waals surface area contributed by atoms with E-state index in [0.29, 0.717) is 21.5 Å². The van der Waals surface area contributed by atoms with Crippen molar-refractivity contribution in [2.24, 2.45) is 0 Å². The zero-order valence-electron chi connectivity index (χ0n) is 10.7. The third-order valence-electron chi connectivity index (χ3n) is 4.05. The number of anilines is 1. The molecular formula is C13H14N4O2S. The number of carbonyl (C=O) groups excluding carboxylic acids is 1. The van der Waals surface area contributed by atoms with Crippen LogP contribution in [0.25, 0.3) is 10.2 Å². The Bertz CT molecular complexity index is 686. The average Bonchev–Trinajstić information content (AvgIpc) is 3.14. The normalized spacial score (nSPS) is 28.1. The van der Waals surface area contributed by atoms with Gasteiger partial charge < -0.3 is 15.8 Å². The van der Waals surface area contributed by atoms with Gasteiger partial charge in [0.2, 0.25) is 0 Å². The second-order valence-corrected chi connectivity index (χ2v) is 6.28. The molecule has 2 saturated heterocycles. The predicted molar refractivity (Wildman–Crippen MR) is 75.6 cm³/mol. The molecule has 3 atom stereocenters. The highest BCUT2D eigenvalue weighted by Gasteiger charge is 2.41. The first-order valence-corrected chi connectivity index (χ1v) is 7.50. The molecule has 3 N–H and O–H groups in total.